The zero-order chi connectivity index (χ0) is 10.3. The Hall–Kier alpha value is -1.00. The number of carbonyl (C=O) groups is 1. The number of hydrogen-bond donors (Lipinski definition) is 2. The Morgan fingerprint density at radius 3 is 2.86 bits per heavy atom. The number of aromatic carboxylic acids is 1. The van der Waals surface area contributed by atoms with Crippen molar-refractivity contribution in [1.82, 2.24) is 0 Å². The van der Waals surface area contributed by atoms with E-state index >= 15 is 0 Å². The number of fused-ring (bicyclic) bond motifs is 1. The number of hydrogen-bond acceptors (Lipinski definition) is 3. The normalized spacial score (nSPS) is 10.7. The first-order valence-corrected chi connectivity index (χ1v) is 5.31. The van der Waals surface area contributed by atoms with Gasteiger partial charge < -0.3 is 5.11 Å². The highest BCUT2D eigenvalue weighted by Crippen LogP contribution is 2.34. The van der Waals surface area contributed by atoms with Gasteiger partial charge in [-0.15, -0.1) is 24.0 Å². The van der Waals surface area contributed by atoms with Gasteiger partial charge in [0.2, 0.25) is 0 Å². The van der Waals surface area contributed by atoms with Gasteiger partial charge in [0.15, 0.2) is 0 Å². The van der Waals surface area contributed by atoms with Gasteiger partial charge in [-0.05, 0) is 18.6 Å². The molecule has 0 aliphatic rings. The quantitative estimate of drug-likeness (QED) is 0.730. The molecule has 1 aromatic carbocycles. The Kier molecular flexibility index (Phi) is 2.25. The molecule has 2 aromatic rings. The highest BCUT2D eigenvalue weighted by atomic mass is 32.1. The summed E-state index contributed by atoms with van der Waals surface area (Å²) in [6.07, 6.45) is 0. The third kappa shape index (κ3) is 1.40. The highest BCUT2D eigenvalue weighted by molar-refractivity contribution is 7.81. The fraction of sp³-hybridized carbons (Fsp3) is 0.100. The van der Waals surface area contributed by atoms with Crippen molar-refractivity contribution >= 4 is 40.0 Å². The summed E-state index contributed by atoms with van der Waals surface area (Å²) in [5.74, 6) is -0.908. The minimum absolute atomic E-state index is 0.314. The van der Waals surface area contributed by atoms with Crippen LogP contribution in [0.4, 0.5) is 0 Å². The van der Waals surface area contributed by atoms with E-state index in [0.29, 0.717) is 9.77 Å². The summed E-state index contributed by atoms with van der Waals surface area (Å²) in [4.78, 5) is 11.7. The fourth-order valence-electron chi connectivity index (χ4n) is 1.34. The molecule has 1 heterocycles. The molecular weight excluding hydrogens is 216 g/mol. The number of aryl methyl sites for hydroxylation is 1. The Bertz CT molecular complexity index is 514. The summed E-state index contributed by atoms with van der Waals surface area (Å²) < 4.78 is 0.979. The van der Waals surface area contributed by atoms with Crippen molar-refractivity contribution in [3.63, 3.8) is 0 Å². The van der Waals surface area contributed by atoms with Gasteiger partial charge in [0.1, 0.15) is 4.88 Å². The molecule has 14 heavy (non-hydrogen) atoms. The molecule has 0 radical (unpaired) electrons. The smallest absolute Gasteiger partial charge is 0.347 e. The molecule has 2 rings (SSSR count). The van der Waals surface area contributed by atoms with Crippen molar-refractivity contribution in [1.29, 1.82) is 0 Å². The van der Waals surface area contributed by atoms with Gasteiger partial charge in [0, 0.05) is 15.0 Å². The zero-order valence-corrected chi connectivity index (χ0v) is 9.15. The first-order valence-electron chi connectivity index (χ1n) is 4.05. The van der Waals surface area contributed by atoms with Crippen LogP contribution in [0.25, 0.3) is 10.1 Å². The van der Waals surface area contributed by atoms with Crippen LogP contribution in [0, 0.1) is 6.92 Å². The molecular formula is C10H8O2S2. The topological polar surface area (TPSA) is 37.3 Å². The molecule has 72 valence electrons. The number of rotatable bonds is 1. The largest absolute Gasteiger partial charge is 0.477 e. The molecule has 1 aromatic heterocycles. The number of benzene rings is 1. The van der Waals surface area contributed by atoms with E-state index in [1.807, 2.05) is 25.1 Å². The van der Waals surface area contributed by atoms with Crippen molar-refractivity contribution < 1.29 is 9.90 Å². The summed E-state index contributed by atoms with van der Waals surface area (Å²) in [5, 5.41) is 9.82. The van der Waals surface area contributed by atoms with Crippen LogP contribution in [0.3, 0.4) is 0 Å². The second-order valence-electron chi connectivity index (χ2n) is 3.08. The second kappa shape index (κ2) is 3.29. The van der Waals surface area contributed by atoms with E-state index in [9.17, 15) is 4.79 Å². The van der Waals surface area contributed by atoms with Gasteiger partial charge in [0.05, 0.1) is 0 Å². The molecule has 0 saturated heterocycles. The van der Waals surface area contributed by atoms with E-state index < -0.39 is 5.97 Å². The maximum atomic E-state index is 10.8. The Morgan fingerprint density at radius 1 is 1.50 bits per heavy atom. The van der Waals surface area contributed by atoms with E-state index in [2.05, 4.69) is 12.6 Å². The molecule has 0 aliphatic carbocycles. The summed E-state index contributed by atoms with van der Waals surface area (Å²) in [6.45, 7) is 1.98. The SMILES string of the molecule is Cc1ccc2c(S)c(C(=O)O)sc2c1. The summed E-state index contributed by atoms with van der Waals surface area (Å²) in [5.41, 5.74) is 1.13. The van der Waals surface area contributed by atoms with E-state index in [1.165, 1.54) is 11.3 Å². The third-order valence-corrected chi connectivity index (χ3v) is 3.77. The predicted octanol–water partition coefficient (Wildman–Crippen LogP) is 3.20. The van der Waals surface area contributed by atoms with Crippen LogP contribution < -0.4 is 0 Å². The van der Waals surface area contributed by atoms with Crippen LogP contribution in [0.2, 0.25) is 0 Å². The summed E-state index contributed by atoms with van der Waals surface area (Å²) in [6, 6.07) is 5.85. The molecule has 4 heteroatoms. The maximum Gasteiger partial charge on any atom is 0.347 e. The monoisotopic (exact) mass is 224 g/mol. The number of thiol groups is 1. The molecule has 2 nitrogen and oxygen atoms in total. The van der Waals surface area contributed by atoms with Gasteiger partial charge in [-0.1, -0.05) is 12.1 Å². The Morgan fingerprint density at radius 2 is 2.21 bits per heavy atom. The van der Waals surface area contributed by atoms with Gasteiger partial charge in [-0.2, -0.15) is 0 Å². The van der Waals surface area contributed by atoms with Crippen molar-refractivity contribution in [3.8, 4) is 0 Å². The molecule has 0 saturated carbocycles. The first kappa shape index (κ1) is 9.55. The van der Waals surface area contributed by atoms with Crippen molar-refractivity contribution in [2.75, 3.05) is 0 Å². The molecule has 1 N–H and O–H groups in total. The Balaban J connectivity index is 2.79. The third-order valence-electron chi connectivity index (χ3n) is 2.01. The van der Waals surface area contributed by atoms with Crippen molar-refractivity contribution in [2.24, 2.45) is 0 Å². The summed E-state index contributed by atoms with van der Waals surface area (Å²) in [7, 11) is 0. The molecule has 0 bridgehead atoms. The van der Waals surface area contributed by atoms with Gasteiger partial charge in [0.25, 0.3) is 0 Å². The van der Waals surface area contributed by atoms with E-state index in [-0.39, 0.29) is 0 Å². The molecule has 0 spiro atoms. The first-order chi connectivity index (χ1) is 6.59. The number of carboxylic acid groups (broad SMARTS) is 1. The highest BCUT2D eigenvalue weighted by Gasteiger charge is 2.14. The fourth-order valence-corrected chi connectivity index (χ4v) is 2.88. The molecule has 0 fully saturated rings. The van der Waals surface area contributed by atoms with Crippen LogP contribution in [0.15, 0.2) is 23.1 Å². The van der Waals surface area contributed by atoms with E-state index in [4.69, 9.17) is 5.11 Å². The van der Waals surface area contributed by atoms with Crippen LogP contribution in [0.5, 0.6) is 0 Å². The lowest BCUT2D eigenvalue weighted by atomic mass is 10.2. The zero-order valence-electron chi connectivity index (χ0n) is 7.44. The lowest BCUT2D eigenvalue weighted by Gasteiger charge is -1.92. The van der Waals surface area contributed by atoms with Crippen LogP contribution in [-0.2, 0) is 0 Å². The lowest BCUT2D eigenvalue weighted by molar-refractivity contribution is 0.0699. The van der Waals surface area contributed by atoms with Crippen LogP contribution in [-0.4, -0.2) is 11.1 Å². The van der Waals surface area contributed by atoms with E-state index in [0.717, 1.165) is 15.6 Å². The van der Waals surface area contributed by atoms with Crippen molar-refractivity contribution in [2.45, 2.75) is 11.8 Å². The van der Waals surface area contributed by atoms with Gasteiger partial charge in [-0.25, -0.2) is 4.79 Å². The van der Waals surface area contributed by atoms with E-state index in [1.54, 1.807) is 0 Å². The maximum absolute atomic E-state index is 10.8. The number of carboxylic acids is 1. The average Bonchev–Trinajstić information content (AvgIpc) is 2.43. The number of thiophene rings is 1. The lowest BCUT2D eigenvalue weighted by Crippen LogP contribution is -1.91. The van der Waals surface area contributed by atoms with Crippen LogP contribution >= 0.6 is 24.0 Å². The molecule has 0 atom stereocenters. The predicted molar refractivity (Wildman–Crippen MR) is 60.8 cm³/mol. The molecule has 0 aliphatic heterocycles. The van der Waals surface area contributed by atoms with Crippen molar-refractivity contribution in [3.05, 3.63) is 28.6 Å². The summed E-state index contributed by atoms with van der Waals surface area (Å²) >= 11 is 5.49. The standard InChI is InChI=1S/C10H8O2S2/c1-5-2-3-6-7(4-5)14-9(8(6)13)10(11)12/h2-4,13H,1H3,(H,11,12). The Labute approximate surface area is 90.6 Å². The minimum Gasteiger partial charge on any atom is -0.477 e. The van der Waals surface area contributed by atoms with Crippen LogP contribution in [0.1, 0.15) is 15.2 Å². The minimum atomic E-state index is -0.908. The second-order valence-corrected chi connectivity index (χ2v) is 4.58. The van der Waals surface area contributed by atoms with Gasteiger partial charge in [-0.3, -0.25) is 0 Å². The van der Waals surface area contributed by atoms with Gasteiger partial charge >= 0.3 is 5.97 Å². The molecule has 0 amide bonds. The molecule has 0 unspecified atom stereocenters. The average molecular weight is 224 g/mol.